The monoisotopic (exact) mass is 447 g/mol. The van der Waals surface area contributed by atoms with Crippen LogP contribution in [0.25, 0.3) is 5.52 Å². The van der Waals surface area contributed by atoms with E-state index in [-0.39, 0.29) is 18.0 Å². The fourth-order valence-electron chi connectivity index (χ4n) is 5.19. The van der Waals surface area contributed by atoms with Crippen molar-refractivity contribution in [3.05, 3.63) is 59.4 Å². The number of likely N-dealkylation sites (tertiary alicyclic amines) is 1. The van der Waals surface area contributed by atoms with Gasteiger partial charge < -0.3 is 20.3 Å². The Hall–Kier alpha value is -3.06. The van der Waals surface area contributed by atoms with Gasteiger partial charge in [0, 0.05) is 43.1 Å². The number of piperidine rings is 1. The number of benzene rings is 1. The molecule has 0 bridgehead atoms. The highest BCUT2D eigenvalue weighted by Gasteiger charge is 2.31. The van der Waals surface area contributed by atoms with Crippen LogP contribution in [-0.2, 0) is 0 Å². The van der Waals surface area contributed by atoms with Gasteiger partial charge in [-0.2, -0.15) is 5.10 Å². The number of ether oxygens (including phenoxy) is 1. The summed E-state index contributed by atoms with van der Waals surface area (Å²) >= 11 is 0. The molecule has 2 fully saturated rings. The lowest BCUT2D eigenvalue weighted by Crippen LogP contribution is -2.38. The highest BCUT2D eigenvalue weighted by atomic mass is 16.5. The lowest BCUT2D eigenvalue weighted by atomic mass is 9.98. The summed E-state index contributed by atoms with van der Waals surface area (Å²) in [5, 5.41) is 4.91. The van der Waals surface area contributed by atoms with Gasteiger partial charge in [-0.1, -0.05) is 6.07 Å². The highest BCUT2D eigenvalue weighted by molar-refractivity contribution is 5.95. The Labute approximate surface area is 195 Å². The standard InChI is InChI=1S/C26H33N5O2/c1-3-33-22-8-6-7-19(13-22)26(32)30-11-5-4-9-24(30)23-14-21-15-25(18(2)16-31(21)28-23)29-12-10-20(27)17-29/h6-8,13-16,20,24H,3-5,9-12,17,27H2,1-2H3/t20-,24-/m0/s1. The van der Waals surface area contributed by atoms with Gasteiger partial charge in [0.15, 0.2) is 0 Å². The van der Waals surface area contributed by atoms with E-state index in [0.717, 1.165) is 62.3 Å². The lowest BCUT2D eigenvalue weighted by molar-refractivity contribution is 0.0605. The minimum atomic E-state index is -0.0223. The molecule has 2 aliphatic rings. The SMILES string of the molecule is CCOc1cccc(C(=O)N2CCCC[C@H]2c2cc3cc(N4CC[C@H](N)C4)c(C)cn3n2)c1. The van der Waals surface area contributed by atoms with Gasteiger partial charge >= 0.3 is 0 Å². The van der Waals surface area contributed by atoms with E-state index in [0.29, 0.717) is 12.2 Å². The van der Waals surface area contributed by atoms with Crippen LogP contribution in [-0.4, -0.2) is 52.7 Å². The van der Waals surface area contributed by atoms with Crippen molar-refractivity contribution < 1.29 is 9.53 Å². The number of pyridine rings is 1. The highest BCUT2D eigenvalue weighted by Crippen LogP contribution is 2.34. The molecule has 3 aromatic rings. The van der Waals surface area contributed by atoms with Crippen LogP contribution in [0.5, 0.6) is 5.75 Å². The smallest absolute Gasteiger partial charge is 0.254 e. The van der Waals surface area contributed by atoms with Gasteiger partial charge in [0.05, 0.1) is 23.9 Å². The molecule has 0 aliphatic carbocycles. The van der Waals surface area contributed by atoms with E-state index in [9.17, 15) is 4.79 Å². The van der Waals surface area contributed by atoms with Crippen molar-refractivity contribution in [1.29, 1.82) is 0 Å². The minimum Gasteiger partial charge on any atom is -0.494 e. The fourth-order valence-corrected chi connectivity index (χ4v) is 5.19. The summed E-state index contributed by atoms with van der Waals surface area (Å²) in [6.45, 7) is 7.28. The summed E-state index contributed by atoms with van der Waals surface area (Å²) in [4.78, 5) is 17.8. The molecule has 7 heteroatoms. The molecule has 2 aliphatic heterocycles. The molecular weight excluding hydrogens is 414 g/mol. The number of hydrogen-bond acceptors (Lipinski definition) is 5. The number of aromatic nitrogens is 2. The molecule has 0 spiro atoms. The van der Waals surface area contributed by atoms with E-state index in [1.165, 1.54) is 11.3 Å². The number of hydrogen-bond donors (Lipinski definition) is 1. The summed E-state index contributed by atoms with van der Waals surface area (Å²) in [7, 11) is 0. The summed E-state index contributed by atoms with van der Waals surface area (Å²) in [6, 6.07) is 12.1. The van der Waals surface area contributed by atoms with Crippen molar-refractivity contribution in [2.45, 2.75) is 51.6 Å². The van der Waals surface area contributed by atoms with Gasteiger partial charge in [-0.3, -0.25) is 4.79 Å². The second-order valence-electron chi connectivity index (χ2n) is 9.25. The predicted octanol–water partition coefficient (Wildman–Crippen LogP) is 3.95. The molecule has 1 amide bonds. The molecule has 2 saturated heterocycles. The summed E-state index contributed by atoms with van der Waals surface area (Å²) < 4.78 is 7.56. The zero-order valence-corrected chi connectivity index (χ0v) is 19.5. The number of aryl methyl sites for hydroxylation is 1. The Kier molecular flexibility index (Phi) is 5.98. The van der Waals surface area contributed by atoms with Gasteiger partial charge in [0.1, 0.15) is 5.75 Å². The fraction of sp³-hybridized carbons (Fsp3) is 0.462. The average molecular weight is 448 g/mol. The van der Waals surface area contributed by atoms with Crippen LogP contribution in [0.1, 0.15) is 60.3 Å². The van der Waals surface area contributed by atoms with E-state index in [1.54, 1.807) is 0 Å². The molecule has 2 atom stereocenters. The summed E-state index contributed by atoms with van der Waals surface area (Å²) in [5.41, 5.74) is 11.2. The molecule has 2 N–H and O–H groups in total. The molecule has 33 heavy (non-hydrogen) atoms. The van der Waals surface area contributed by atoms with Crippen molar-refractivity contribution in [1.82, 2.24) is 14.5 Å². The number of nitrogens with zero attached hydrogens (tertiary/aromatic N) is 4. The number of anilines is 1. The number of nitrogens with two attached hydrogens (primary N) is 1. The molecule has 2 aromatic heterocycles. The van der Waals surface area contributed by atoms with Crippen molar-refractivity contribution in [2.75, 3.05) is 31.1 Å². The number of carbonyl (C=O) groups excluding carboxylic acids is 1. The van der Waals surface area contributed by atoms with Crippen LogP contribution in [0, 0.1) is 6.92 Å². The van der Waals surface area contributed by atoms with Gasteiger partial charge in [-0.05, 0) is 75.4 Å². The van der Waals surface area contributed by atoms with Crippen LogP contribution >= 0.6 is 0 Å². The molecule has 4 heterocycles. The minimum absolute atomic E-state index is 0.0223. The van der Waals surface area contributed by atoms with E-state index in [1.807, 2.05) is 40.6 Å². The Morgan fingerprint density at radius 3 is 2.85 bits per heavy atom. The van der Waals surface area contributed by atoms with Gasteiger partial charge in [0.25, 0.3) is 5.91 Å². The Morgan fingerprint density at radius 2 is 2.06 bits per heavy atom. The maximum Gasteiger partial charge on any atom is 0.254 e. The Morgan fingerprint density at radius 1 is 1.18 bits per heavy atom. The molecular formula is C26H33N5O2. The zero-order valence-electron chi connectivity index (χ0n) is 19.5. The van der Waals surface area contributed by atoms with Gasteiger partial charge in [-0.25, -0.2) is 4.52 Å². The van der Waals surface area contributed by atoms with Crippen LogP contribution in [0.15, 0.2) is 42.6 Å². The van der Waals surface area contributed by atoms with E-state index < -0.39 is 0 Å². The van der Waals surface area contributed by atoms with E-state index in [2.05, 4.69) is 30.2 Å². The molecule has 0 unspecified atom stereocenters. The first-order chi connectivity index (χ1) is 16.0. The summed E-state index contributed by atoms with van der Waals surface area (Å²) in [6.07, 6.45) is 6.15. The third kappa shape index (κ3) is 4.29. The molecule has 174 valence electrons. The quantitative estimate of drug-likeness (QED) is 0.641. The molecule has 7 nitrogen and oxygen atoms in total. The average Bonchev–Trinajstić information content (AvgIpc) is 3.44. The van der Waals surface area contributed by atoms with Crippen LogP contribution in [0.3, 0.4) is 0 Å². The third-order valence-corrected chi connectivity index (χ3v) is 6.85. The largest absolute Gasteiger partial charge is 0.494 e. The first kappa shape index (κ1) is 21.8. The van der Waals surface area contributed by atoms with E-state index >= 15 is 0 Å². The molecule has 1 aromatic carbocycles. The lowest BCUT2D eigenvalue weighted by Gasteiger charge is -2.34. The maximum absolute atomic E-state index is 13.5. The van der Waals surface area contributed by atoms with Crippen LogP contribution in [0.4, 0.5) is 5.69 Å². The van der Waals surface area contributed by atoms with Crippen molar-refractivity contribution in [3.63, 3.8) is 0 Å². The van der Waals surface area contributed by atoms with Crippen molar-refractivity contribution >= 4 is 17.1 Å². The predicted molar refractivity (Wildman–Crippen MR) is 130 cm³/mol. The molecule has 5 rings (SSSR count). The van der Waals surface area contributed by atoms with Crippen molar-refractivity contribution in [2.24, 2.45) is 5.73 Å². The molecule has 0 saturated carbocycles. The van der Waals surface area contributed by atoms with Crippen LogP contribution < -0.4 is 15.4 Å². The summed E-state index contributed by atoms with van der Waals surface area (Å²) in [5.74, 6) is 0.774. The van der Waals surface area contributed by atoms with Crippen molar-refractivity contribution in [3.8, 4) is 5.75 Å². The number of amides is 1. The first-order valence-electron chi connectivity index (χ1n) is 12.1. The molecule has 0 radical (unpaired) electrons. The first-order valence-corrected chi connectivity index (χ1v) is 12.1. The normalized spacial score (nSPS) is 21.1. The maximum atomic E-state index is 13.5. The Balaban J connectivity index is 1.44. The Bertz CT molecular complexity index is 1160. The van der Waals surface area contributed by atoms with Crippen LogP contribution in [0.2, 0.25) is 0 Å². The van der Waals surface area contributed by atoms with Gasteiger partial charge in [0.2, 0.25) is 0 Å². The second-order valence-corrected chi connectivity index (χ2v) is 9.25. The number of carbonyl (C=O) groups is 1. The number of fused-ring (bicyclic) bond motifs is 1. The zero-order chi connectivity index (χ0) is 22.9. The number of rotatable bonds is 5. The second kappa shape index (κ2) is 9.06. The van der Waals surface area contributed by atoms with Gasteiger partial charge in [-0.15, -0.1) is 0 Å². The van der Waals surface area contributed by atoms with E-state index in [4.69, 9.17) is 15.6 Å². The third-order valence-electron chi connectivity index (χ3n) is 6.85. The topological polar surface area (TPSA) is 76.1 Å².